The molecule has 0 aliphatic carbocycles. The minimum atomic E-state index is 0.764. The maximum atomic E-state index is 4.00. The zero-order valence-corrected chi connectivity index (χ0v) is 5.52. The molecule has 1 heterocycles. The number of hydrogen-bond acceptors (Lipinski definition) is 1. The summed E-state index contributed by atoms with van der Waals surface area (Å²) >= 11 is 0. The van der Waals surface area contributed by atoms with Crippen molar-refractivity contribution in [3.05, 3.63) is 28.4 Å². The molecule has 0 atom stereocenters. The third kappa shape index (κ3) is 1.17. The second-order valence-corrected chi connectivity index (χ2v) is 2.12. The Morgan fingerprint density at radius 2 is 2.11 bits per heavy atom. The lowest BCUT2D eigenvalue weighted by Crippen LogP contribution is -2.24. The molecule has 0 fully saturated rings. The van der Waals surface area contributed by atoms with Gasteiger partial charge in [0.15, 0.2) is 0 Å². The maximum Gasteiger partial charge on any atom is 0.0624 e. The van der Waals surface area contributed by atoms with Gasteiger partial charge in [0.05, 0.1) is 5.35 Å². The third-order valence-corrected chi connectivity index (χ3v) is 1.20. The van der Waals surface area contributed by atoms with Crippen LogP contribution >= 0.6 is 0 Å². The molecule has 1 aromatic heterocycles. The second kappa shape index (κ2) is 2.02. The normalized spacial score (nSPS) is 9.44. The van der Waals surface area contributed by atoms with Crippen LogP contribution < -0.4 is 10.6 Å². The Bertz CT molecular complexity index is 301. The first-order chi connectivity index (χ1) is 4.20. The molecule has 0 saturated heterocycles. The van der Waals surface area contributed by atoms with Crippen molar-refractivity contribution in [3.63, 3.8) is 0 Å². The Morgan fingerprint density at radius 3 is 2.56 bits per heavy atom. The van der Waals surface area contributed by atoms with Crippen molar-refractivity contribution in [2.45, 2.75) is 6.92 Å². The van der Waals surface area contributed by atoms with Crippen molar-refractivity contribution in [1.29, 1.82) is 0 Å². The standard InChI is InChI=1S/C8H9N/c1-6-4-7(2)8(3)9-5-6/h4-5H,2-3H2,1H3. The quantitative estimate of drug-likeness (QED) is 0.476. The van der Waals surface area contributed by atoms with Crippen LogP contribution in [0.1, 0.15) is 5.56 Å². The van der Waals surface area contributed by atoms with Crippen LogP contribution in [0.5, 0.6) is 0 Å². The largest absolute Gasteiger partial charge is 0.257 e. The molecular formula is C8H9N. The molecule has 0 bridgehead atoms. The lowest BCUT2D eigenvalue weighted by Gasteiger charge is -1.87. The van der Waals surface area contributed by atoms with E-state index in [0.717, 1.165) is 16.1 Å². The zero-order valence-electron chi connectivity index (χ0n) is 5.52. The van der Waals surface area contributed by atoms with Crippen LogP contribution in [0.4, 0.5) is 0 Å². The molecule has 1 nitrogen and oxygen atoms in total. The highest BCUT2D eigenvalue weighted by atomic mass is 14.6. The summed E-state index contributed by atoms with van der Waals surface area (Å²) in [5.74, 6) is 0. The van der Waals surface area contributed by atoms with Crippen LogP contribution in [0.3, 0.4) is 0 Å². The fourth-order valence-corrected chi connectivity index (χ4v) is 0.658. The van der Waals surface area contributed by atoms with Crippen molar-refractivity contribution >= 4 is 13.2 Å². The Balaban J connectivity index is 3.53. The van der Waals surface area contributed by atoms with Gasteiger partial charge >= 0.3 is 0 Å². The van der Waals surface area contributed by atoms with Gasteiger partial charge in [-0.05, 0) is 23.8 Å². The first-order valence-electron chi connectivity index (χ1n) is 2.80. The molecule has 0 radical (unpaired) electrons. The molecule has 1 aromatic rings. The monoisotopic (exact) mass is 119 g/mol. The van der Waals surface area contributed by atoms with E-state index in [-0.39, 0.29) is 0 Å². The summed E-state index contributed by atoms with van der Waals surface area (Å²) in [4.78, 5) is 4.00. The zero-order chi connectivity index (χ0) is 6.85. The van der Waals surface area contributed by atoms with Crippen LogP contribution in [-0.4, -0.2) is 4.98 Å². The summed E-state index contributed by atoms with van der Waals surface area (Å²) in [6.07, 6.45) is 1.79. The SMILES string of the molecule is C=c1cc(C)cnc1=C. The average Bonchev–Trinajstić information content (AvgIpc) is 1.80. The molecule has 0 aromatic carbocycles. The van der Waals surface area contributed by atoms with E-state index in [9.17, 15) is 0 Å². The molecular weight excluding hydrogens is 110 g/mol. The Morgan fingerprint density at radius 1 is 1.44 bits per heavy atom. The first-order valence-corrected chi connectivity index (χ1v) is 2.80. The highest BCUT2D eigenvalue weighted by Gasteiger charge is 1.81. The van der Waals surface area contributed by atoms with Crippen LogP contribution in [0.15, 0.2) is 12.3 Å². The smallest absolute Gasteiger partial charge is 0.0624 e. The first kappa shape index (κ1) is 6.02. The van der Waals surface area contributed by atoms with Crippen LogP contribution in [-0.2, 0) is 0 Å². The van der Waals surface area contributed by atoms with Gasteiger partial charge in [0.1, 0.15) is 0 Å². The number of nitrogens with zero attached hydrogens (tertiary/aromatic N) is 1. The second-order valence-electron chi connectivity index (χ2n) is 2.12. The lowest BCUT2D eigenvalue weighted by atomic mass is 10.3. The number of aromatic nitrogens is 1. The van der Waals surface area contributed by atoms with Gasteiger partial charge in [-0.15, -0.1) is 0 Å². The Labute approximate surface area is 54.4 Å². The lowest BCUT2D eigenvalue weighted by molar-refractivity contribution is 1.19. The van der Waals surface area contributed by atoms with E-state index >= 15 is 0 Å². The summed E-state index contributed by atoms with van der Waals surface area (Å²) in [7, 11) is 0. The highest BCUT2D eigenvalue weighted by Crippen LogP contribution is 1.80. The molecule has 0 unspecified atom stereocenters. The van der Waals surface area contributed by atoms with Crippen molar-refractivity contribution in [2.24, 2.45) is 0 Å². The molecule has 0 saturated carbocycles. The summed E-state index contributed by atoms with van der Waals surface area (Å²) in [5, 5.41) is 1.68. The summed E-state index contributed by atoms with van der Waals surface area (Å²) < 4.78 is 0. The van der Waals surface area contributed by atoms with Crippen molar-refractivity contribution in [3.8, 4) is 0 Å². The molecule has 0 aliphatic heterocycles. The van der Waals surface area contributed by atoms with E-state index < -0.39 is 0 Å². The fraction of sp³-hybridized carbons (Fsp3) is 0.125. The van der Waals surface area contributed by atoms with Gasteiger partial charge in [0, 0.05) is 6.20 Å². The summed E-state index contributed by atoms with van der Waals surface area (Å²) in [6, 6.07) is 1.97. The van der Waals surface area contributed by atoms with Crippen LogP contribution in [0.2, 0.25) is 0 Å². The third-order valence-electron chi connectivity index (χ3n) is 1.20. The van der Waals surface area contributed by atoms with Crippen molar-refractivity contribution < 1.29 is 0 Å². The predicted octanol–water partition coefficient (Wildman–Crippen LogP) is 0.211. The number of rotatable bonds is 0. The van der Waals surface area contributed by atoms with Gasteiger partial charge in [0.25, 0.3) is 0 Å². The summed E-state index contributed by atoms with van der Waals surface area (Å²) in [5.41, 5.74) is 1.13. The van der Waals surface area contributed by atoms with Gasteiger partial charge in [-0.25, -0.2) is 0 Å². The van der Waals surface area contributed by atoms with Gasteiger partial charge in [-0.2, -0.15) is 0 Å². The van der Waals surface area contributed by atoms with E-state index in [4.69, 9.17) is 0 Å². The van der Waals surface area contributed by atoms with E-state index in [2.05, 4.69) is 18.1 Å². The van der Waals surface area contributed by atoms with Gasteiger partial charge < -0.3 is 0 Å². The van der Waals surface area contributed by atoms with Crippen LogP contribution in [0.25, 0.3) is 13.2 Å². The molecule has 0 amide bonds. The van der Waals surface area contributed by atoms with E-state index in [1.807, 2.05) is 13.0 Å². The van der Waals surface area contributed by atoms with Crippen LogP contribution in [0, 0.1) is 6.92 Å². The maximum absolute atomic E-state index is 4.00. The minimum absolute atomic E-state index is 0.764. The summed E-state index contributed by atoms with van der Waals surface area (Å²) in [6.45, 7) is 9.43. The number of hydrogen-bond donors (Lipinski definition) is 0. The van der Waals surface area contributed by atoms with Gasteiger partial charge in [0.2, 0.25) is 0 Å². The number of aryl methyl sites for hydroxylation is 1. The number of pyridine rings is 1. The molecule has 46 valence electrons. The Hall–Kier alpha value is -1.11. The van der Waals surface area contributed by atoms with E-state index in [0.29, 0.717) is 0 Å². The molecule has 0 spiro atoms. The molecule has 0 N–H and O–H groups in total. The predicted molar refractivity (Wildman–Crippen MR) is 39.3 cm³/mol. The Kier molecular flexibility index (Phi) is 1.35. The van der Waals surface area contributed by atoms with Gasteiger partial charge in [-0.1, -0.05) is 13.2 Å². The topological polar surface area (TPSA) is 12.9 Å². The molecule has 9 heavy (non-hydrogen) atoms. The van der Waals surface area contributed by atoms with E-state index in [1.54, 1.807) is 6.20 Å². The van der Waals surface area contributed by atoms with Gasteiger partial charge in [-0.3, -0.25) is 4.98 Å². The molecule has 0 aliphatic rings. The van der Waals surface area contributed by atoms with E-state index in [1.165, 1.54) is 0 Å². The van der Waals surface area contributed by atoms with Crippen molar-refractivity contribution in [1.82, 2.24) is 4.98 Å². The van der Waals surface area contributed by atoms with Crippen molar-refractivity contribution in [2.75, 3.05) is 0 Å². The fourth-order valence-electron chi connectivity index (χ4n) is 0.658. The highest BCUT2D eigenvalue weighted by molar-refractivity contribution is 5.15. The molecule has 1 rings (SSSR count). The molecule has 1 heteroatoms. The average molecular weight is 119 g/mol. The minimum Gasteiger partial charge on any atom is -0.257 e.